The van der Waals surface area contributed by atoms with E-state index in [4.69, 9.17) is 13.9 Å². The van der Waals surface area contributed by atoms with Crippen LogP contribution in [-0.2, 0) is 4.79 Å². The molecular formula is C18H18N4O4S. The number of rotatable bonds is 7. The molecule has 1 atom stereocenters. The van der Waals surface area contributed by atoms with E-state index >= 15 is 0 Å². The SMILES string of the molecule is COc1ccc(NC(=O)C(C)Sc2nnc(-c3cccnc3)o2)cc1OC. The van der Waals surface area contributed by atoms with Crippen LogP contribution in [0.25, 0.3) is 11.5 Å². The molecule has 0 fully saturated rings. The van der Waals surface area contributed by atoms with Crippen molar-refractivity contribution < 1.29 is 18.7 Å². The number of hydrogen-bond donors (Lipinski definition) is 1. The first-order valence-electron chi connectivity index (χ1n) is 8.04. The summed E-state index contributed by atoms with van der Waals surface area (Å²) in [5.74, 6) is 1.28. The molecule has 140 valence electrons. The number of anilines is 1. The third kappa shape index (κ3) is 4.56. The number of hydrogen-bond acceptors (Lipinski definition) is 8. The molecule has 3 aromatic rings. The van der Waals surface area contributed by atoms with Gasteiger partial charge in [-0.25, -0.2) is 0 Å². The van der Waals surface area contributed by atoms with E-state index in [0.717, 1.165) is 5.56 Å². The van der Waals surface area contributed by atoms with Crippen LogP contribution < -0.4 is 14.8 Å². The van der Waals surface area contributed by atoms with E-state index in [2.05, 4.69) is 20.5 Å². The minimum Gasteiger partial charge on any atom is -0.493 e. The smallest absolute Gasteiger partial charge is 0.277 e. The second-order valence-corrected chi connectivity index (χ2v) is 6.73. The fraction of sp³-hybridized carbons (Fsp3) is 0.222. The lowest BCUT2D eigenvalue weighted by atomic mass is 10.2. The zero-order chi connectivity index (χ0) is 19.2. The molecule has 0 bridgehead atoms. The van der Waals surface area contributed by atoms with Gasteiger partial charge in [-0.1, -0.05) is 11.8 Å². The third-order valence-electron chi connectivity index (χ3n) is 3.61. The Hall–Kier alpha value is -3.07. The van der Waals surface area contributed by atoms with Crippen LogP contribution in [-0.4, -0.2) is 40.6 Å². The zero-order valence-electron chi connectivity index (χ0n) is 15.0. The summed E-state index contributed by atoms with van der Waals surface area (Å²) in [4.78, 5) is 16.5. The van der Waals surface area contributed by atoms with Crippen LogP contribution in [0.2, 0.25) is 0 Å². The van der Waals surface area contributed by atoms with Crippen molar-refractivity contribution in [2.45, 2.75) is 17.4 Å². The largest absolute Gasteiger partial charge is 0.493 e. The number of aromatic nitrogens is 3. The Morgan fingerprint density at radius 1 is 1.19 bits per heavy atom. The van der Waals surface area contributed by atoms with Crippen LogP contribution in [0.15, 0.2) is 52.4 Å². The fourth-order valence-corrected chi connectivity index (χ4v) is 2.91. The summed E-state index contributed by atoms with van der Waals surface area (Å²) >= 11 is 1.18. The molecule has 2 heterocycles. The topological polar surface area (TPSA) is 99.4 Å². The van der Waals surface area contributed by atoms with Gasteiger partial charge in [0.2, 0.25) is 11.8 Å². The average molecular weight is 386 g/mol. The van der Waals surface area contributed by atoms with Crippen LogP contribution in [0.3, 0.4) is 0 Å². The van der Waals surface area contributed by atoms with Crippen LogP contribution >= 0.6 is 11.8 Å². The Bertz CT molecular complexity index is 917. The van der Waals surface area contributed by atoms with Gasteiger partial charge in [0.15, 0.2) is 11.5 Å². The van der Waals surface area contributed by atoms with Crippen molar-refractivity contribution in [1.82, 2.24) is 15.2 Å². The molecule has 0 spiro atoms. The summed E-state index contributed by atoms with van der Waals surface area (Å²) in [6.07, 6.45) is 3.30. The van der Waals surface area contributed by atoms with Gasteiger partial charge < -0.3 is 19.2 Å². The van der Waals surface area contributed by atoms with Crippen molar-refractivity contribution in [3.05, 3.63) is 42.7 Å². The van der Waals surface area contributed by atoms with Gasteiger partial charge >= 0.3 is 0 Å². The maximum atomic E-state index is 12.4. The molecule has 8 nitrogen and oxygen atoms in total. The molecular weight excluding hydrogens is 368 g/mol. The molecule has 27 heavy (non-hydrogen) atoms. The quantitative estimate of drug-likeness (QED) is 0.618. The zero-order valence-corrected chi connectivity index (χ0v) is 15.8. The lowest BCUT2D eigenvalue weighted by Crippen LogP contribution is -2.22. The van der Waals surface area contributed by atoms with Crippen molar-refractivity contribution in [3.8, 4) is 23.0 Å². The van der Waals surface area contributed by atoms with Crippen LogP contribution in [0.1, 0.15) is 6.92 Å². The molecule has 3 rings (SSSR count). The van der Waals surface area contributed by atoms with Crippen LogP contribution in [0, 0.1) is 0 Å². The standard InChI is InChI=1S/C18H18N4O4S/c1-11(16(23)20-13-6-7-14(24-2)15(9-13)25-3)27-18-22-21-17(26-18)12-5-4-8-19-10-12/h4-11H,1-3H3,(H,20,23). The monoisotopic (exact) mass is 386 g/mol. The molecule has 0 radical (unpaired) electrons. The van der Waals surface area contributed by atoms with E-state index in [9.17, 15) is 4.79 Å². The number of thioether (sulfide) groups is 1. The first-order chi connectivity index (χ1) is 13.1. The maximum Gasteiger partial charge on any atom is 0.277 e. The summed E-state index contributed by atoms with van der Waals surface area (Å²) < 4.78 is 16.0. The van der Waals surface area contributed by atoms with Gasteiger partial charge in [0.05, 0.1) is 25.0 Å². The van der Waals surface area contributed by atoms with Crippen molar-refractivity contribution >= 4 is 23.4 Å². The minimum absolute atomic E-state index is 0.201. The number of nitrogens with one attached hydrogen (secondary N) is 1. The lowest BCUT2D eigenvalue weighted by Gasteiger charge is -2.12. The lowest BCUT2D eigenvalue weighted by molar-refractivity contribution is -0.115. The predicted octanol–water partition coefficient (Wildman–Crippen LogP) is 3.27. The van der Waals surface area contributed by atoms with Gasteiger partial charge in [-0.15, -0.1) is 10.2 Å². The highest BCUT2D eigenvalue weighted by atomic mass is 32.2. The highest BCUT2D eigenvalue weighted by molar-refractivity contribution is 8.00. The third-order valence-corrected chi connectivity index (χ3v) is 4.55. The van der Waals surface area contributed by atoms with E-state index < -0.39 is 5.25 Å². The first-order valence-corrected chi connectivity index (χ1v) is 8.92. The van der Waals surface area contributed by atoms with Crippen molar-refractivity contribution in [3.63, 3.8) is 0 Å². The second kappa shape index (κ2) is 8.54. The minimum atomic E-state index is -0.444. The summed E-state index contributed by atoms with van der Waals surface area (Å²) in [6.45, 7) is 1.76. The van der Waals surface area contributed by atoms with Gasteiger partial charge in [0, 0.05) is 24.1 Å². The first kappa shape index (κ1) is 18.7. The highest BCUT2D eigenvalue weighted by Crippen LogP contribution is 2.31. The predicted molar refractivity (Wildman–Crippen MR) is 101 cm³/mol. The molecule has 1 N–H and O–H groups in total. The van der Waals surface area contributed by atoms with Gasteiger partial charge in [-0.2, -0.15) is 0 Å². The Labute approximate surface area is 160 Å². The second-order valence-electron chi connectivity index (χ2n) is 5.43. The van der Waals surface area contributed by atoms with Gasteiger partial charge in [-0.05, 0) is 31.2 Å². The maximum absolute atomic E-state index is 12.4. The Morgan fingerprint density at radius 3 is 2.70 bits per heavy atom. The fourth-order valence-electron chi connectivity index (χ4n) is 2.23. The summed E-state index contributed by atoms with van der Waals surface area (Å²) in [5, 5.41) is 10.7. The number of benzene rings is 1. The number of carbonyl (C=O) groups excluding carboxylic acids is 1. The number of carbonyl (C=O) groups is 1. The highest BCUT2D eigenvalue weighted by Gasteiger charge is 2.19. The van der Waals surface area contributed by atoms with E-state index in [0.29, 0.717) is 28.3 Å². The molecule has 0 saturated heterocycles. The Balaban J connectivity index is 1.64. The van der Waals surface area contributed by atoms with Gasteiger partial charge in [0.25, 0.3) is 5.22 Å². The average Bonchev–Trinajstić information content (AvgIpc) is 3.17. The van der Waals surface area contributed by atoms with Gasteiger partial charge in [0.1, 0.15) is 0 Å². The molecule has 0 aliphatic rings. The number of methoxy groups -OCH3 is 2. The van der Waals surface area contributed by atoms with E-state index in [1.165, 1.54) is 18.9 Å². The van der Waals surface area contributed by atoms with Crippen molar-refractivity contribution in [2.75, 3.05) is 19.5 Å². The molecule has 1 unspecified atom stereocenters. The molecule has 0 aliphatic heterocycles. The van der Waals surface area contributed by atoms with Crippen LogP contribution in [0.5, 0.6) is 11.5 Å². The van der Waals surface area contributed by atoms with Gasteiger partial charge in [-0.3, -0.25) is 9.78 Å². The number of nitrogens with zero attached hydrogens (tertiary/aromatic N) is 3. The Kier molecular flexibility index (Phi) is 5.92. The number of amides is 1. The van der Waals surface area contributed by atoms with Crippen molar-refractivity contribution in [1.29, 1.82) is 0 Å². The molecule has 1 aromatic carbocycles. The molecule has 1 amide bonds. The van der Waals surface area contributed by atoms with E-state index in [1.54, 1.807) is 50.7 Å². The summed E-state index contributed by atoms with van der Waals surface area (Å²) in [6, 6.07) is 8.77. The Morgan fingerprint density at radius 2 is 2.00 bits per heavy atom. The van der Waals surface area contributed by atoms with Crippen molar-refractivity contribution in [2.24, 2.45) is 0 Å². The number of pyridine rings is 1. The summed E-state index contributed by atoms with van der Waals surface area (Å²) in [7, 11) is 3.09. The molecule has 0 saturated carbocycles. The summed E-state index contributed by atoms with van der Waals surface area (Å²) in [5.41, 5.74) is 1.32. The normalized spacial score (nSPS) is 11.7. The van der Waals surface area contributed by atoms with E-state index in [1.807, 2.05) is 6.07 Å². The molecule has 2 aromatic heterocycles. The molecule has 9 heteroatoms. The number of ether oxygens (including phenoxy) is 2. The molecule has 0 aliphatic carbocycles. The van der Waals surface area contributed by atoms with E-state index in [-0.39, 0.29) is 5.91 Å². The van der Waals surface area contributed by atoms with Crippen LogP contribution in [0.4, 0.5) is 5.69 Å².